The van der Waals surface area contributed by atoms with Crippen LogP contribution in [0.1, 0.15) is 15.9 Å². The molecule has 2 amide bonds. The maximum atomic E-state index is 12.7. The van der Waals surface area contributed by atoms with Crippen molar-refractivity contribution in [3.63, 3.8) is 0 Å². The number of carbonyl (C=O) groups is 2. The molecule has 20 heavy (non-hydrogen) atoms. The molecule has 1 heterocycles. The van der Waals surface area contributed by atoms with Gasteiger partial charge in [-0.2, -0.15) is 13.2 Å². The predicted octanol–water partition coefficient (Wildman–Crippen LogP) is 2.04. The van der Waals surface area contributed by atoms with E-state index in [1.807, 2.05) is 0 Å². The number of benzene rings is 1. The van der Waals surface area contributed by atoms with Crippen molar-refractivity contribution in [2.45, 2.75) is 6.18 Å². The van der Waals surface area contributed by atoms with Crippen molar-refractivity contribution in [3.8, 4) is 0 Å². The Labute approximate surface area is 121 Å². The second-order valence-corrected chi connectivity index (χ2v) is 5.12. The lowest BCUT2D eigenvalue weighted by molar-refractivity contribution is -0.137. The van der Waals surface area contributed by atoms with Gasteiger partial charge in [0.15, 0.2) is 0 Å². The first-order valence-electron chi connectivity index (χ1n) is 5.72. The lowest BCUT2D eigenvalue weighted by atomic mass is 10.1. The van der Waals surface area contributed by atoms with Crippen molar-refractivity contribution in [1.82, 2.24) is 10.2 Å². The first-order chi connectivity index (χ1) is 9.29. The van der Waals surface area contributed by atoms with Crippen LogP contribution in [-0.2, 0) is 11.0 Å². The van der Waals surface area contributed by atoms with Crippen LogP contribution in [-0.4, -0.2) is 36.3 Å². The monoisotopic (exact) mass is 350 g/mol. The molecule has 0 aliphatic carbocycles. The molecule has 2 rings (SSSR count). The van der Waals surface area contributed by atoms with Gasteiger partial charge in [0.25, 0.3) is 5.91 Å². The molecule has 1 saturated heterocycles. The van der Waals surface area contributed by atoms with Gasteiger partial charge in [0, 0.05) is 17.6 Å². The Morgan fingerprint density at radius 3 is 2.65 bits per heavy atom. The van der Waals surface area contributed by atoms with Gasteiger partial charge in [0.05, 0.1) is 17.7 Å². The van der Waals surface area contributed by atoms with Crippen molar-refractivity contribution in [2.75, 3.05) is 19.6 Å². The summed E-state index contributed by atoms with van der Waals surface area (Å²) in [5.41, 5.74) is -1.000. The molecule has 108 valence electrons. The molecule has 0 spiro atoms. The van der Waals surface area contributed by atoms with E-state index in [0.29, 0.717) is 6.54 Å². The summed E-state index contributed by atoms with van der Waals surface area (Å²) in [4.78, 5) is 24.6. The van der Waals surface area contributed by atoms with E-state index in [2.05, 4.69) is 21.2 Å². The smallest absolute Gasteiger partial charge is 0.353 e. The van der Waals surface area contributed by atoms with E-state index in [1.54, 1.807) is 0 Å². The molecular formula is C12H10BrF3N2O2. The minimum absolute atomic E-state index is 0.102. The molecule has 0 bridgehead atoms. The molecule has 0 atom stereocenters. The summed E-state index contributed by atoms with van der Waals surface area (Å²) >= 11 is 3.06. The number of piperazine rings is 1. The van der Waals surface area contributed by atoms with Crippen molar-refractivity contribution in [3.05, 3.63) is 33.8 Å². The van der Waals surface area contributed by atoms with Crippen molar-refractivity contribution in [2.24, 2.45) is 0 Å². The molecule has 1 aliphatic heterocycles. The quantitative estimate of drug-likeness (QED) is 0.842. The fourth-order valence-corrected chi connectivity index (χ4v) is 2.26. The normalized spacial score (nSPS) is 16.0. The molecule has 0 unspecified atom stereocenters. The van der Waals surface area contributed by atoms with Crippen molar-refractivity contribution in [1.29, 1.82) is 0 Å². The molecule has 0 radical (unpaired) electrons. The van der Waals surface area contributed by atoms with Gasteiger partial charge in [-0.3, -0.25) is 9.59 Å². The van der Waals surface area contributed by atoms with Crippen LogP contribution in [0.25, 0.3) is 0 Å². The van der Waals surface area contributed by atoms with E-state index in [4.69, 9.17) is 0 Å². The molecule has 1 N–H and O–H groups in total. The summed E-state index contributed by atoms with van der Waals surface area (Å²) in [6, 6.07) is 2.86. The molecule has 0 aromatic heterocycles. The average molecular weight is 351 g/mol. The zero-order chi connectivity index (χ0) is 14.9. The maximum Gasteiger partial charge on any atom is 0.416 e. The van der Waals surface area contributed by atoms with E-state index in [0.717, 1.165) is 12.1 Å². The number of alkyl halides is 3. The third-order valence-corrected chi connectivity index (χ3v) is 3.54. The topological polar surface area (TPSA) is 49.4 Å². The SMILES string of the molecule is O=C1CN(C(=O)c2cc(C(F)(F)F)ccc2Br)CCN1. The van der Waals surface area contributed by atoms with Crippen LogP contribution in [0.4, 0.5) is 13.2 Å². The summed E-state index contributed by atoms with van der Waals surface area (Å²) in [6.07, 6.45) is -4.52. The summed E-state index contributed by atoms with van der Waals surface area (Å²) in [6.45, 7) is 0.413. The van der Waals surface area contributed by atoms with Gasteiger partial charge >= 0.3 is 6.18 Å². The van der Waals surface area contributed by atoms with Crippen LogP contribution in [0.5, 0.6) is 0 Å². The Balaban J connectivity index is 2.31. The van der Waals surface area contributed by atoms with Crippen LogP contribution >= 0.6 is 15.9 Å². The molecule has 0 saturated carbocycles. The highest BCUT2D eigenvalue weighted by Crippen LogP contribution is 2.32. The summed E-state index contributed by atoms with van der Waals surface area (Å²) in [5.74, 6) is -0.925. The first-order valence-corrected chi connectivity index (χ1v) is 6.51. The van der Waals surface area contributed by atoms with Crippen LogP contribution < -0.4 is 5.32 Å². The molecule has 1 aliphatic rings. The number of carbonyl (C=O) groups excluding carboxylic acids is 2. The van der Waals surface area contributed by atoms with Crippen LogP contribution in [0.3, 0.4) is 0 Å². The van der Waals surface area contributed by atoms with E-state index in [9.17, 15) is 22.8 Å². The van der Waals surface area contributed by atoms with Crippen LogP contribution in [0, 0.1) is 0 Å². The zero-order valence-corrected chi connectivity index (χ0v) is 11.7. The van der Waals surface area contributed by atoms with Gasteiger partial charge in [0.1, 0.15) is 0 Å². The molecule has 1 aromatic rings. The second-order valence-electron chi connectivity index (χ2n) is 4.27. The highest BCUT2D eigenvalue weighted by molar-refractivity contribution is 9.10. The number of rotatable bonds is 1. The molecule has 1 aromatic carbocycles. The fourth-order valence-electron chi connectivity index (χ4n) is 1.85. The number of hydrogen-bond donors (Lipinski definition) is 1. The van der Waals surface area contributed by atoms with E-state index in [-0.39, 0.29) is 29.0 Å². The predicted molar refractivity (Wildman–Crippen MR) is 68.1 cm³/mol. The average Bonchev–Trinajstić information content (AvgIpc) is 2.37. The molecular weight excluding hydrogens is 341 g/mol. The first kappa shape index (κ1) is 14.8. The van der Waals surface area contributed by atoms with Crippen LogP contribution in [0.2, 0.25) is 0 Å². The number of hydrogen-bond acceptors (Lipinski definition) is 2. The lowest BCUT2D eigenvalue weighted by Gasteiger charge is -2.27. The largest absolute Gasteiger partial charge is 0.416 e. The Kier molecular flexibility index (Phi) is 4.03. The van der Waals surface area contributed by atoms with E-state index < -0.39 is 17.6 Å². The zero-order valence-electron chi connectivity index (χ0n) is 10.1. The minimum Gasteiger partial charge on any atom is -0.353 e. The van der Waals surface area contributed by atoms with Gasteiger partial charge in [-0.15, -0.1) is 0 Å². The number of nitrogens with zero attached hydrogens (tertiary/aromatic N) is 1. The fraction of sp³-hybridized carbons (Fsp3) is 0.333. The Bertz CT molecular complexity index is 560. The van der Waals surface area contributed by atoms with Crippen LogP contribution in [0.15, 0.2) is 22.7 Å². The van der Waals surface area contributed by atoms with Gasteiger partial charge < -0.3 is 10.2 Å². The van der Waals surface area contributed by atoms with E-state index in [1.165, 1.54) is 11.0 Å². The van der Waals surface area contributed by atoms with Gasteiger partial charge in [-0.25, -0.2) is 0 Å². The van der Waals surface area contributed by atoms with Gasteiger partial charge in [-0.05, 0) is 34.1 Å². The highest BCUT2D eigenvalue weighted by atomic mass is 79.9. The highest BCUT2D eigenvalue weighted by Gasteiger charge is 2.32. The number of nitrogens with one attached hydrogen (secondary N) is 1. The van der Waals surface area contributed by atoms with Crippen molar-refractivity contribution < 1.29 is 22.8 Å². The number of amides is 2. The van der Waals surface area contributed by atoms with Gasteiger partial charge in [-0.1, -0.05) is 0 Å². The van der Waals surface area contributed by atoms with E-state index >= 15 is 0 Å². The maximum absolute atomic E-state index is 12.7. The Hall–Kier alpha value is -1.57. The molecule has 1 fully saturated rings. The standard InChI is InChI=1S/C12H10BrF3N2O2/c13-9-2-1-7(12(14,15)16)5-8(9)11(20)18-4-3-17-10(19)6-18/h1-2,5H,3-4,6H2,(H,17,19). The van der Waals surface area contributed by atoms with Gasteiger partial charge in [0.2, 0.25) is 5.91 Å². The second kappa shape index (κ2) is 5.43. The summed E-state index contributed by atoms with van der Waals surface area (Å²) in [5, 5.41) is 2.54. The molecule has 4 nitrogen and oxygen atoms in total. The molecule has 8 heteroatoms. The third-order valence-electron chi connectivity index (χ3n) is 2.85. The summed E-state index contributed by atoms with van der Waals surface area (Å²) < 4.78 is 38.3. The third kappa shape index (κ3) is 3.12. The Morgan fingerprint density at radius 1 is 1.35 bits per heavy atom. The minimum atomic E-state index is -4.52. The lowest BCUT2D eigenvalue weighted by Crippen LogP contribution is -2.50. The Morgan fingerprint density at radius 2 is 2.05 bits per heavy atom. The summed E-state index contributed by atoms with van der Waals surface area (Å²) in [7, 11) is 0. The van der Waals surface area contributed by atoms with Crippen molar-refractivity contribution >= 4 is 27.7 Å². The number of halogens is 4.